The van der Waals surface area contributed by atoms with Crippen molar-refractivity contribution >= 4 is 23.9 Å². The molecular formula is C30H42O25-4. The lowest BCUT2D eigenvalue weighted by molar-refractivity contribution is -0.403. The van der Waals surface area contributed by atoms with Crippen molar-refractivity contribution in [2.45, 2.75) is 163 Å². The first-order valence-corrected chi connectivity index (χ1v) is 16.7. The fourth-order valence-corrected chi connectivity index (χ4v) is 6.21. The van der Waals surface area contributed by atoms with Gasteiger partial charge in [-0.2, -0.15) is 0 Å². The van der Waals surface area contributed by atoms with E-state index in [2.05, 4.69) is 0 Å². The zero-order chi connectivity index (χ0) is 41.4. The van der Waals surface area contributed by atoms with Gasteiger partial charge in [0, 0.05) is 0 Å². The van der Waals surface area contributed by atoms with Crippen molar-refractivity contribution in [3.63, 3.8) is 0 Å². The molecule has 4 heterocycles. The molecule has 4 fully saturated rings. The maximum absolute atomic E-state index is 12.1. The maximum Gasteiger partial charge on any atom is 0.187 e. The Bertz CT molecular complexity index is 1350. The Kier molecular flexibility index (Phi) is 14.9. The van der Waals surface area contributed by atoms with Crippen LogP contribution in [0.1, 0.15) is 27.7 Å². The molecule has 9 unspecified atom stereocenters. The SMILES string of the molecule is CC(C)O[C@@H]1O[C@@H](C(=O)[O-])[C@@H](O[C@@H]2OC(C(=O)[O-])[C@@H](O[C@@H]3OC(C(=O)[O-])[C@@H](O[C@@H]4OC(C(=O)[O-])[C@@H](OC(C)C)[C@@H](O)C4O)C(O)C3O)[C@H](O)C2O)C(O)C1O. The van der Waals surface area contributed by atoms with Gasteiger partial charge in [-0.25, -0.2) is 0 Å². The van der Waals surface area contributed by atoms with Gasteiger partial charge in [0.2, 0.25) is 0 Å². The predicted octanol–water partition coefficient (Wildman–Crippen LogP) is -11.9. The van der Waals surface area contributed by atoms with E-state index in [1.165, 1.54) is 27.7 Å². The summed E-state index contributed by atoms with van der Waals surface area (Å²) in [7, 11) is 0. The van der Waals surface area contributed by atoms with Crippen LogP contribution in [0.15, 0.2) is 0 Å². The first kappa shape index (κ1) is 44.9. The molecule has 8 N–H and O–H groups in total. The van der Waals surface area contributed by atoms with Gasteiger partial charge in [-0.3, -0.25) is 0 Å². The third-order valence-corrected chi connectivity index (χ3v) is 8.82. The van der Waals surface area contributed by atoms with E-state index >= 15 is 0 Å². The van der Waals surface area contributed by atoms with Crippen molar-refractivity contribution in [3.05, 3.63) is 0 Å². The molecule has 0 bridgehead atoms. The minimum absolute atomic E-state index is 0.644. The Morgan fingerprint density at radius 2 is 0.636 bits per heavy atom. The quantitative estimate of drug-likeness (QED) is 0.0808. The lowest BCUT2D eigenvalue weighted by Gasteiger charge is -2.50. The van der Waals surface area contributed by atoms with E-state index in [-0.39, 0.29) is 0 Å². The average Bonchev–Trinajstić information content (AvgIpc) is 3.09. The van der Waals surface area contributed by atoms with Gasteiger partial charge in [0.1, 0.15) is 97.7 Å². The molecule has 4 aliphatic heterocycles. The number of carbonyl (C=O) groups is 4. The predicted molar refractivity (Wildman–Crippen MR) is 154 cm³/mol. The van der Waals surface area contributed by atoms with Crippen LogP contribution in [0, 0.1) is 0 Å². The van der Waals surface area contributed by atoms with E-state index in [1.807, 2.05) is 0 Å². The highest BCUT2D eigenvalue weighted by atomic mass is 16.8. The molecule has 0 saturated carbocycles. The molecule has 0 radical (unpaired) electrons. The van der Waals surface area contributed by atoms with Crippen LogP contribution in [0.5, 0.6) is 0 Å². The van der Waals surface area contributed by atoms with Crippen molar-refractivity contribution in [2.24, 2.45) is 0 Å². The van der Waals surface area contributed by atoms with Gasteiger partial charge in [0.15, 0.2) is 25.2 Å². The van der Waals surface area contributed by atoms with Gasteiger partial charge in [0.05, 0.1) is 36.1 Å². The number of aliphatic hydroxyl groups excluding tert-OH is 8. The zero-order valence-electron chi connectivity index (χ0n) is 29.2. The van der Waals surface area contributed by atoms with Crippen molar-refractivity contribution in [2.75, 3.05) is 0 Å². The van der Waals surface area contributed by atoms with E-state index in [0.29, 0.717) is 0 Å². The normalized spacial score (nSPS) is 45.3. The highest BCUT2D eigenvalue weighted by Gasteiger charge is 2.56. The van der Waals surface area contributed by atoms with Gasteiger partial charge in [-0.1, -0.05) is 0 Å². The Balaban J connectivity index is 1.51. The fraction of sp³-hybridized carbons (Fsp3) is 0.867. The number of rotatable bonds is 14. The summed E-state index contributed by atoms with van der Waals surface area (Å²) in [6.45, 7) is 5.91. The largest absolute Gasteiger partial charge is 0.547 e. The molecule has 316 valence electrons. The molecule has 55 heavy (non-hydrogen) atoms. The number of hydrogen-bond donors (Lipinski definition) is 8. The first-order chi connectivity index (χ1) is 25.6. The van der Waals surface area contributed by atoms with E-state index in [1.54, 1.807) is 0 Å². The second kappa shape index (κ2) is 18.2. The summed E-state index contributed by atoms with van der Waals surface area (Å²) in [6.07, 6.45) is -46.3. The van der Waals surface area contributed by atoms with E-state index in [0.717, 1.165) is 0 Å². The Labute approximate surface area is 309 Å². The highest BCUT2D eigenvalue weighted by Crippen LogP contribution is 2.35. The van der Waals surface area contributed by atoms with Crippen LogP contribution < -0.4 is 20.4 Å². The topological polar surface area (TPSA) is 405 Å². The van der Waals surface area contributed by atoms with Gasteiger partial charge < -0.3 is 123 Å². The Hall–Kier alpha value is -2.80. The van der Waals surface area contributed by atoms with Crippen LogP contribution >= 0.6 is 0 Å². The molecule has 0 amide bonds. The summed E-state index contributed by atoms with van der Waals surface area (Å²) in [5, 5.41) is 134. The molecule has 4 aliphatic rings. The smallest absolute Gasteiger partial charge is 0.187 e. The van der Waals surface area contributed by atoms with Crippen molar-refractivity contribution < 1.29 is 123 Å². The van der Waals surface area contributed by atoms with Gasteiger partial charge in [-0.05, 0) is 27.7 Å². The molecule has 20 atom stereocenters. The fourth-order valence-electron chi connectivity index (χ4n) is 6.21. The van der Waals surface area contributed by atoms with Gasteiger partial charge in [-0.15, -0.1) is 0 Å². The number of ether oxygens (including phenoxy) is 9. The van der Waals surface area contributed by atoms with Crippen LogP contribution in [0.2, 0.25) is 0 Å². The van der Waals surface area contributed by atoms with Crippen molar-refractivity contribution in [1.82, 2.24) is 0 Å². The summed E-state index contributed by atoms with van der Waals surface area (Å²) in [5.74, 6) is -8.41. The summed E-state index contributed by atoms with van der Waals surface area (Å²) in [4.78, 5) is 47.9. The summed E-state index contributed by atoms with van der Waals surface area (Å²) in [5.41, 5.74) is 0. The monoisotopic (exact) mass is 802 g/mol. The molecule has 4 rings (SSSR count). The maximum atomic E-state index is 12.1. The van der Waals surface area contributed by atoms with Crippen LogP contribution in [0.25, 0.3) is 0 Å². The number of carbonyl (C=O) groups excluding carboxylic acids is 4. The van der Waals surface area contributed by atoms with Crippen LogP contribution in [-0.2, 0) is 61.8 Å². The lowest BCUT2D eigenvalue weighted by atomic mass is 9.95. The summed E-state index contributed by atoms with van der Waals surface area (Å²) >= 11 is 0. The van der Waals surface area contributed by atoms with E-state index < -0.39 is 159 Å². The van der Waals surface area contributed by atoms with Gasteiger partial charge >= 0.3 is 0 Å². The standard InChI is InChI=1S/C30H46O25/c1-5(2)47-15-7(31)12(36)28(53-19(15)23(39)40)50-17-9(33)14(38)30(55-21(17)25(43)44)51-18-10(34)13(37)29(54-22(18)26(45)46)49-16-8(32)11(35)27(48-6(3)4)52-20(16)24(41)42/h5-22,27-38H,1-4H3,(H,39,40)(H,41,42)(H,43,44)(H,45,46)/p-4/t7-,8?,9?,10+,11?,12?,13?,14?,15-,16-,17-,18-,19?,20+,21?,22?,27+,28+,29+,30+/m0/s1. The first-order valence-electron chi connectivity index (χ1n) is 16.7. The van der Waals surface area contributed by atoms with Crippen LogP contribution in [0.4, 0.5) is 0 Å². The minimum Gasteiger partial charge on any atom is -0.547 e. The Morgan fingerprint density at radius 3 is 0.909 bits per heavy atom. The van der Waals surface area contributed by atoms with Crippen molar-refractivity contribution in [3.8, 4) is 0 Å². The highest BCUT2D eigenvalue weighted by molar-refractivity contribution is 5.72. The molecule has 25 heteroatoms. The molecule has 0 aromatic heterocycles. The lowest BCUT2D eigenvalue weighted by Crippen LogP contribution is -2.70. The third kappa shape index (κ3) is 9.67. The number of aliphatic carboxylic acids is 4. The third-order valence-electron chi connectivity index (χ3n) is 8.82. The molecule has 0 aliphatic carbocycles. The number of carboxylic acids is 4. The van der Waals surface area contributed by atoms with Crippen molar-refractivity contribution in [1.29, 1.82) is 0 Å². The Morgan fingerprint density at radius 1 is 0.400 bits per heavy atom. The van der Waals surface area contributed by atoms with Gasteiger partial charge in [0.25, 0.3) is 0 Å². The summed E-state index contributed by atoms with van der Waals surface area (Å²) in [6, 6.07) is 0. The molecule has 4 saturated heterocycles. The van der Waals surface area contributed by atoms with E-state index in [9.17, 15) is 80.5 Å². The van der Waals surface area contributed by atoms with Crippen LogP contribution in [0.3, 0.4) is 0 Å². The number of hydrogen-bond acceptors (Lipinski definition) is 25. The average molecular weight is 803 g/mol. The molecular weight excluding hydrogens is 760 g/mol. The minimum atomic E-state index is -2.55. The van der Waals surface area contributed by atoms with E-state index in [4.69, 9.17) is 42.6 Å². The van der Waals surface area contributed by atoms with Crippen LogP contribution in [-0.4, -0.2) is 200 Å². The molecule has 25 nitrogen and oxygen atoms in total. The second-order valence-electron chi connectivity index (χ2n) is 13.5. The molecule has 0 aromatic rings. The summed E-state index contributed by atoms with van der Waals surface area (Å²) < 4.78 is 46.9. The second-order valence-corrected chi connectivity index (χ2v) is 13.5. The number of carboxylic acid groups (broad SMARTS) is 4. The number of aliphatic hydroxyl groups is 8. The molecule has 0 spiro atoms. The molecule has 0 aromatic carbocycles. The zero-order valence-corrected chi connectivity index (χ0v) is 29.2.